The Balaban J connectivity index is 1.50. The minimum absolute atomic E-state index is 0.0789. The zero-order valence-corrected chi connectivity index (χ0v) is 18.9. The molecule has 2 N–H and O–H groups in total. The van der Waals surface area contributed by atoms with Crippen LogP contribution in [0.1, 0.15) is 20.7 Å². The van der Waals surface area contributed by atoms with Gasteiger partial charge in [0.25, 0.3) is 0 Å². The van der Waals surface area contributed by atoms with Crippen LogP contribution in [0, 0.1) is 0 Å². The van der Waals surface area contributed by atoms with Crippen molar-refractivity contribution in [3.63, 3.8) is 0 Å². The molecule has 0 unspecified atom stereocenters. The number of Topliss-reactive ketones (excluding diaryl/α,β-unsaturated/α-hetero) is 2. The van der Waals surface area contributed by atoms with E-state index in [9.17, 15) is 29.4 Å². The summed E-state index contributed by atoms with van der Waals surface area (Å²) < 4.78 is 21.0. The van der Waals surface area contributed by atoms with E-state index in [1.807, 2.05) is 0 Å². The van der Waals surface area contributed by atoms with Gasteiger partial charge in [-0.1, -0.05) is 13.2 Å². The SMILES string of the molecule is C=CC(=O)Oc1ccc(C(=O)[C@]2(O)CO[C@H]3[C@@H]2OC[C@]3(O)C(=O)c2ccc(OC(=O)C=C)cc2)cc1. The second-order valence-electron chi connectivity index (χ2n) is 8.27. The molecule has 2 fully saturated rings. The molecule has 0 spiro atoms. The lowest BCUT2D eigenvalue weighted by Gasteiger charge is -2.26. The third-order valence-electron chi connectivity index (χ3n) is 5.97. The van der Waals surface area contributed by atoms with Crippen LogP contribution in [0.5, 0.6) is 11.5 Å². The fraction of sp³-hybridized carbons (Fsp3) is 0.231. The van der Waals surface area contributed by atoms with Crippen LogP contribution in [-0.2, 0) is 19.1 Å². The van der Waals surface area contributed by atoms with E-state index in [0.29, 0.717) is 0 Å². The summed E-state index contributed by atoms with van der Waals surface area (Å²) in [5.41, 5.74) is -4.18. The van der Waals surface area contributed by atoms with Crippen molar-refractivity contribution in [2.45, 2.75) is 23.4 Å². The number of ketones is 2. The lowest BCUT2D eigenvalue weighted by atomic mass is 9.82. The third kappa shape index (κ3) is 4.38. The highest BCUT2D eigenvalue weighted by Gasteiger charge is 2.67. The number of hydrogen-bond acceptors (Lipinski definition) is 10. The second-order valence-corrected chi connectivity index (χ2v) is 8.27. The molecule has 4 atom stereocenters. The molecule has 2 heterocycles. The molecule has 2 aliphatic heterocycles. The lowest BCUT2D eigenvalue weighted by molar-refractivity contribution is -0.129. The van der Waals surface area contributed by atoms with E-state index in [-0.39, 0.29) is 22.6 Å². The Bertz CT molecular complexity index is 1130. The number of ether oxygens (including phenoxy) is 4. The van der Waals surface area contributed by atoms with Gasteiger partial charge in [-0.25, -0.2) is 9.59 Å². The second kappa shape index (κ2) is 9.59. The van der Waals surface area contributed by atoms with Crippen molar-refractivity contribution in [1.82, 2.24) is 0 Å². The van der Waals surface area contributed by atoms with Gasteiger partial charge in [0.05, 0.1) is 13.2 Å². The molecule has 2 aliphatic rings. The fourth-order valence-corrected chi connectivity index (χ4v) is 4.10. The lowest BCUT2D eigenvalue weighted by Crippen LogP contribution is -2.54. The third-order valence-corrected chi connectivity index (χ3v) is 5.97. The van der Waals surface area contributed by atoms with Gasteiger partial charge in [-0.05, 0) is 48.5 Å². The maximum atomic E-state index is 13.2. The van der Waals surface area contributed by atoms with Crippen LogP contribution in [-0.4, -0.2) is 70.3 Å². The van der Waals surface area contributed by atoms with Crippen LogP contribution in [0.2, 0.25) is 0 Å². The van der Waals surface area contributed by atoms with Gasteiger partial charge in [-0.3, -0.25) is 9.59 Å². The van der Waals surface area contributed by atoms with E-state index in [4.69, 9.17) is 18.9 Å². The first-order valence-corrected chi connectivity index (χ1v) is 10.8. The van der Waals surface area contributed by atoms with E-state index in [1.54, 1.807) is 0 Å². The van der Waals surface area contributed by atoms with E-state index < -0.39 is 60.1 Å². The highest BCUT2D eigenvalue weighted by molar-refractivity contribution is 6.05. The van der Waals surface area contributed by atoms with Crippen LogP contribution in [0.15, 0.2) is 73.8 Å². The Kier molecular flexibility index (Phi) is 6.70. The van der Waals surface area contributed by atoms with Crippen molar-refractivity contribution >= 4 is 23.5 Å². The molecule has 10 heteroatoms. The summed E-state index contributed by atoms with van der Waals surface area (Å²) in [4.78, 5) is 48.9. The molecule has 36 heavy (non-hydrogen) atoms. The van der Waals surface area contributed by atoms with Crippen molar-refractivity contribution in [1.29, 1.82) is 0 Å². The number of hydrogen-bond donors (Lipinski definition) is 2. The summed E-state index contributed by atoms with van der Waals surface area (Å²) in [5.74, 6) is -2.49. The van der Waals surface area contributed by atoms with Gasteiger partial charge in [-0.15, -0.1) is 0 Å². The van der Waals surface area contributed by atoms with Crippen molar-refractivity contribution in [2.24, 2.45) is 0 Å². The summed E-state index contributed by atoms with van der Waals surface area (Å²) in [6.45, 7) is 5.57. The number of esters is 2. The molecule has 2 saturated heterocycles. The van der Waals surface area contributed by atoms with Gasteiger partial charge >= 0.3 is 11.9 Å². The molecule has 0 saturated carbocycles. The van der Waals surface area contributed by atoms with Gasteiger partial charge < -0.3 is 29.2 Å². The van der Waals surface area contributed by atoms with Crippen LogP contribution >= 0.6 is 0 Å². The molecular weight excluding hydrogens is 472 g/mol. The maximum Gasteiger partial charge on any atom is 0.335 e. The topological polar surface area (TPSA) is 146 Å². The number of aliphatic hydroxyl groups is 2. The number of benzene rings is 2. The Morgan fingerprint density at radius 2 is 1.06 bits per heavy atom. The predicted molar refractivity (Wildman–Crippen MR) is 123 cm³/mol. The summed E-state index contributed by atoms with van der Waals surface area (Å²) in [6, 6.07) is 10.9. The summed E-state index contributed by atoms with van der Waals surface area (Å²) in [6.07, 6.45) is -0.650. The summed E-state index contributed by atoms with van der Waals surface area (Å²) >= 11 is 0. The zero-order chi connectivity index (χ0) is 26.1. The van der Waals surface area contributed by atoms with Gasteiger partial charge in [0.2, 0.25) is 0 Å². The number of carbonyl (C=O) groups excluding carboxylic acids is 4. The predicted octanol–water partition coefficient (Wildman–Crippen LogP) is 1.19. The fourth-order valence-electron chi connectivity index (χ4n) is 4.10. The van der Waals surface area contributed by atoms with Crippen LogP contribution in [0.25, 0.3) is 0 Å². The average molecular weight is 494 g/mol. The van der Waals surface area contributed by atoms with Gasteiger partial charge in [0, 0.05) is 23.3 Å². The molecule has 0 bridgehead atoms. The standard InChI is InChI=1S/C26H22O10/c1-3-19(27)35-17-9-5-15(6-10-17)21(29)25(31)13-33-24-23(25)34-14-26(24,32)22(30)16-7-11-18(12-8-16)36-20(28)4-2/h3-12,23-24,31-32H,1-2,13-14H2/t23-,24-,25-,26+/m0/s1. The molecule has 0 aromatic heterocycles. The monoisotopic (exact) mass is 494 g/mol. The van der Waals surface area contributed by atoms with Crippen LogP contribution < -0.4 is 9.47 Å². The smallest absolute Gasteiger partial charge is 0.335 e. The molecule has 4 rings (SSSR count). The molecule has 10 nitrogen and oxygen atoms in total. The molecule has 186 valence electrons. The summed E-state index contributed by atoms with van der Waals surface area (Å²) in [5, 5.41) is 22.4. The minimum Gasteiger partial charge on any atom is -0.423 e. The molecule has 2 aromatic carbocycles. The number of rotatable bonds is 8. The number of carbonyl (C=O) groups is 4. The Hall–Kier alpha value is -3.96. The van der Waals surface area contributed by atoms with E-state index in [0.717, 1.165) is 12.2 Å². The Morgan fingerprint density at radius 1 is 0.722 bits per heavy atom. The first kappa shape index (κ1) is 25.1. The highest BCUT2D eigenvalue weighted by Crippen LogP contribution is 2.42. The van der Waals surface area contributed by atoms with Crippen LogP contribution in [0.4, 0.5) is 0 Å². The van der Waals surface area contributed by atoms with E-state index in [1.165, 1.54) is 48.5 Å². The maximum absolute atomic E-state index is 13.2. The average Bonchev–Trinajstić information content (AvgIpc) is 3.43. The Morgan fingerprint density at radius 3 is 1.36 bits per heavy atom. The molecular formula is C26H22O10. The molecule has 0 amide bonds. The van der Waals surface area contributed by atoms with Crippen molar-refractivity contribution in [3.8, 4) is 11.5 Å². The van der Waals surface area contributed by atoms with Gasteiger partial charge in [-0.2, -0.15) is 0 Å². The Labute approximate surface area is 205 Å². The zero-order valence-electron chi connectivity index (χ0n) is 18.9. The highest BCUT2D eigenvalue weighted by atomic mass is 16.6. The van der Waals surface area contributed by atoms with Crippen molar-refractivity contribution < 1.29 is 48.3 Å². The van der Waals surface area contributed by atoms with Crippen molar-refractivity contribution in [3.05, 3.63) is 85.0 Å². The van der Waals surface area contributed by atoms with E-state index >= 15 is 0 Å². The molecule has 2 aromatic rings. The van der Waals surface area contributed by atoms with Crippen LogP contribution in [0.3, 0.4) is 0 Å². The largest absolute Gasteiger partial charge is 0.423 e. The van der Waals surface area contributed by atoms with Crippen molar-refractivity contribution in [2.75, 3.05) is 13.2 Å². The summed E-state index contributed by atoms with van der Waals surface area (Å²) in [7, 11) is 0. The molecule has 0 radical (unpaired) electrons. The van der Waals surface area contributed by atoms with E-state index in [2.05, 4.69) is 13.2 Å². The number of fused-ring (bicyclic) bond motifs is 1. The quantitative estimate of drug-likeness (QED) is 0.238. The normalized spacial score (nSPS) is 26.5. The first-order valence-electron chi connectivity index (χ1n) is 10.8. The van der Waals surface area contributed by atoms with Gasteiger partial charge in [0.15, 0.2) is 22.8 Å². The first-order chi connectivity index (χ1) is 17.1. The minimum atomic E-state index is -2.17. The molecule has 0 aliphatic carbocycles. The van der Waals surface area contributed by atoms with Gasteiger partial charge in [0.1, 0.15) is 23.7 Å².